The van der Waals surface area contributed by atoms with Crippen LogP contribution in [0.4, 0.5) is 0 Å². The van der Waals surface area contributed by atoms with Crippen molar-refractivity contribution in [2.24, 2.45) is 0 Å². The van der Waals surface area contributed by atoms with E-state index < -0.39 is 0 Å². The number of hydrogen-bond donors (Lipinski definition) is 0. The maximum atomic E-state index is 3.75. The fraction of sp³-hybridized carbons (Fsp3) is 0.765. The molecule has 0 amide bonds. The Labute approximate surface area is 115 Å². The van der Waals surface area contributed by atoms with Crippen molar-refractivity contribution in [2.45, 2.75) is 64.2 Å². The Kier molecular flexibility index (Phi) is 14.0. The van der Waals surface area contributed by atoms with E-state index in [0.29, 0.717) is 0 Å². The topological polar surface area (TPSA) is 3.24 Å². The molecule has 0 fully saturated rings. The van der Waals surface area contributed by atoms with Crippen molar-refractivity contribution in [3.8, 4) is 0 Å². The molecule has 0 N–H and O–H groups in total. The van der Waals surface area contributed by atoms with E-state index in [1.54, 1.807) is 0 Å². The lowest BCUT2D eigenvalue weighted by molar-refractivity contribution is 0.315. The van der Waals surface area contributed by atoms with Gasteiger partial charge in [0.1, 0.15) is 0 Å². The van der Waals surface area contributed by atoms with E-state index in [0.717, 1.165) is 0 Å². The quantitative estimate of drug-likeness (QED) is 0.303. The number of nitrogens with zero attached hydrogens (tertiary/aromatic N) is 1. The third-order valence-corrected chi connectivity index (χ3v) is 3.40. The smallest absolute Gasteiger partial charge is 0.00218 e. The summed E-state index contributed by atoms with van der Waals surface area (Å²) in [5.41, 5.74) is 0. The lowest BCUT2D eigenvalue weighted by Gasteiger charge is -2.16. The highest BCUT2D eigenvalue weighted by Gasteiger charge is 1.98. The molecule has 0 atom stereocenters. The van der Waals surface area contributed by atoms with Gasteiger partial charge in [0.2, 0.25) is 0 Å². The van der Waals surface area contributed by atoms with Crippen LogP contribution in [0.25, 0.3) is 0 Å². The molecule has 0 aliphatic rings. The van der Waals surface area contributed by atoms with E-state index in [2.05, 4.69) is 25.1 Å². The van der Waals surface area contributed by atoms with Crippen LogP contribution in [0, 0.1) is 0 Å². The van der Waals surface area contributed by atoms with E-state index in [1.165, 1.54) is 77.3 Å². The molecular formula is C17H33N. The van der Waals surface area contributed by atoms with E-state index in [1.807, 2.05) is 12.2 Å². The van der Waals surface area contributed by atoms with Gasteiger partial charge in [0.15, 0.2) is 0 Å². The maximum absolute atomic E-state index is 3.75. The number of rotatable bonds is 14. The summed E-state index contributed by atoms with van der Waals surface area (Å²) in [6, 6.07) is 0. The highest BCUT2D eigenvalue weighted by atomic mass is 15.1. The summed E-state index contributed by atoms with van der Waals surface area (Å²) in [4.78, 5) is 2.49. The molecule has 0 saturated carbocycles. The highest BCUT2D eigenvalue weighted by molar-refractivity contribution is 4.66. The molecule has 0 heterocycles. The lowest BCUT2D eigenvalue weighted by atomic mass is 10.1. The summed E-state index contributed by atoms with van der Waals surface area (Å²) >= 11 is 0. The van der Waals surface area contributed by atoms with Crippen LogP contribution in [0.1, 0.15) is 64.2 Å². The van der Waals surface area contributed by atoms with E-state index in [9.17, 15) is 0 Å². The fourth-order valence-electron chi connectivity index (χ4n) is 2.16. The molecule has 0 aromatic carbocycles. The molecule has 0 aromatic rings. The Morgan fingerprint density at radius 3 is 1.44 bits per heavy atom. The summed E-state index contributed by atoms with van der Waals surface area (Å²) < 4.78 is 0. The average molecular weight is 251 g/mol. The standard InChI is InChI=1S/C17H33N/c1-4-6-8-10-12-14-16-18(3)17-15-13-11-9-7-5-2/h4-5H,1-2,6-17H2,3H3. The van der Waals surface area contributed by atoms with Crippen molar-refractivity contribution in [1.29, 1.82) is 0 Å². The first-order chi connectivity index (χ1) is 8.81. The molecule has 0 aromatic heterocycles. The molecule has 0 spiro atoms. The summed E-state index contributed by atoms with van der Waals surface area (Å²) in [6.45, 7) is 10.0. The van der Waals surface area contributed by atoms with Gasteiger partial charge in [-0.1, -0.05) is 37.8 Å². The normalized spacial score (nSPS) is 10.8. The predicted molar refractivity (Wildman–Crippen MR) is 84.1 cm³/mol. The van der Waals surface area contributed by atoms with Gasteiger partial charge in [-0.05, 0) is 58.7 Å². The Bertz CT molecular complexity index is 166. The summed E-state index contributed by atoms with van der Waals surface area (Å²) in [6.07, 6.45) is 17.2. The Balaban J connectivity index is 3.14. The van der Waals surface area contributed by atoms with Crippen LogP contribution < -0.4 is 0 Å². The Morgan fingerprint density at radius 2 is 1.06 bits per heavy atom. The van der Waals surface area contributed by atoms with Gasteiger partial charge < -0.3 is 4.90 Å². The van der Waals surface area contributed by atoms with Gasteiger partial charge in [-0.2, -0.15) is 0 Å². The molecule has 0 unspecified atom stereocenters. The van der Waals surface area contributed by atoms with Crippen molar-refractivity contribution in [3.63, 3.8) is 0 Å². The maximum Gasteiger partial charge on any atom is -0.00218 e. The monoisotopic (exact) mass is 251 g/mol. The van der Waals surface area contributed by atoms with Crippen LogP contribution in [0.15, 0.2) is 25.3 Å². The molecule has 1 nitrogen and oxygen atoms in total. The molecule has 0 radical (unpaired) electrons. The predicted octanol–water partition coefficient (Wildman–Crippen LogP) is 5.19. The second kappa shape index (κ2) is 14.5. The molecule has 1 heteroatoms. The first kappa shape index (κ1) is 17.4. The molecule has 106 valence electrons. The zero-order valence-electron chi connectivity index (χ0n) is 12.5. The zero-order valence-corrected chi connectivity index (χ0v) is 12.5. The first-order valence-corrected chi connectivity index (χ1v) is 7.71. The van der Waals surface area contributed by atoms with Crippen LogP contribution in [0.5, 0.6) is 0 Å². The highest BCUT2D eigenvalue weighted by Crippen LogP contribution is 2.06. The first-order valence-electron chi connectivity index (χ1n) is 7.71. The fourth-order valence-corrected chi connectivity index (χ4v) is 2.16. The van der Waals surface area contributed by atoms with Gasteiger partial charge in [0, 0.05) is 0 Å². The molecule has 18 heavy (non-hydrogen) atoms. The number of unbranched alkanes of at least 4 members (excludes halogenated alkanes) is 8. The van der Waals surface area contributed by atoms with Gasteiger partial charge >= 0.3 is 0 Å². The van der Waals surface area contributed by atoms with Gasteiger partial charge in [-0.25, -0.2) is 0 Å². The Morgan fingerprint density at radius 1 is 0.667 bits per heavy atom. The second-order valence-electron chi connectivity index (χ2n) is 5.29. The zero-order chi connectivity index (χ0) is 13.5. The molecule has 0 bridgehead atoms. The molecule has 0 aliphatic carbocycles. The largest absolute Gasteiger partial charge is 0.306 e. The summed E-state index contributed by atoms with van der Waals surface area (Å²) in [5.74, 6) is 0. The van der Waals surface area contributed by atoms with Crippen LogP contribution >= 0.6 is 0 Å². The number of allylic oxidation sites excluding steroid dienone is 2. The van der Waals surface area contributed by atoms with Gasteiger partial charge in [0.05, 0.1) is 0 Å². The lowest BCUT2D eigenvalue weighted by Crippen LogP contribution is -2.20. The van der Waals surface area contributed by atoms with Crippen LogP contribution in [0.2, 0.25) is 0 Å². The molecule has 0 aliphatic heterocycles. The Hall–Kier alpha value is -0.560. The molecule has 0 saturated heterocycles. The van der Waals surface area contributed by atoms with E-state index >= 15 is 0 Å². The summed E-state index contributed by atoms with van der Waals surface area (Å²) in [5, 5.41) is 0. The van der Waals surface area contributed by atoms with Crippen LogP contribution in [-0.4, -0.2) is 25.0 Å². The third-order valence-electron chi connectivity index (χ3n) is 3.40. The number of hydrogen-bond acceptors (Lipinski definition) is 1. The minimum absolute atomic E-state index is 1.18. The molecular weight excluding hydrogens is 218 g/mol. The van der Waals surface area contributed by atoms with Crippen molar-refractivity contribution in [1.82, 2.24) is 4.90 Å². The minimum atomic E-state index is 1.18. The second-order valence-corrected chi connectivity index (χ2v) is 5.29. The van der Waals surface area contributed by atoms with E-state index in [-0.39, 0.29) is 0 Å². The summed E-state index contributed by atoms with van der Waals surface area (Å²) in [7, 11) is 2.26. The van der Waals surface area contributed by atoms with Crippen LogP contribution in [0.3, 0.4) is 0 Å². The van der Waals surface area contributed by atoms with Gasteiger partial charge in [-0.3, -0.25) is 0 Å². The SMILES string of the molecule is C=CCCCCCCN(C)CCCCCCC=C. The van der Waals surface area contributed by atoms with Crippen molar-refractivity contribution in [2.75, 3.05) is 20.1 Å². The van der Waals surface area contributed by atoms with Crippen molar-refractivity contribution >= 4 is 0 Å². The van der Waals surface area contributed by atoms with E-state index in [4.69, 9.17) is 0 Å². The molecule has 0 rings (SSSR count). The minimum Gasteiger partial charge on any atom is -0.306 e. The van der Waals surface area contributed by atoms with Gasteiger partial charge in [0.25, 0.3) is 0 Å². The van der Waals surface area contributed by atoms with Crippen LogP contribution in [-0.2, 0) is 0 Å². The van der Waals surface area contributed by atoms with Crippen molar-refractivity contribution in [3.05, 3.63) is 25.3 Å². The third kappa shape index (κ3) is 13.5. The van der Waals surface area contributed by atoms with Crippen molar-refractivity contribution < 1.29 is 0 Å². The van der Waals surface area contributed by atoms with Gasteiger partial charge in [-0.15, -0.1) is 13.2 Å². The average Bonchev–Trinajstić information content (AvgIpc) is 2.38.